The fraction of sp³-hybridized carbons (Fsp3) is 0.0556. The van der Waals surface area contributed by atoms with Crippen molar-refractivity contribution >= 4 is 26.8 Å². The van der Waals surface area contributed by atoms with Crippen LogP contribution in [0.2, 0.25) is 0 Å². The Morgan fingerprint density at radius 3 is 2.76 bits per heavy atom. The molecular formula is C18H11BrFN. The number of nitrogens with zero attached hydrogens (tertiary/aromatic N) is 1. The van der Waals surface area contributed by atoms with E-state index in [-0.39, 0.29) is 5.82 Å². The van der Waals surface area contributed by atoms with Gasteiger partial charge in [0.15, 0.2) is 0 Å². The van der Waals surface area contributed by atoms with Gasteiger partial charge < -0.3 is 0 Å². The molecule has 0 radical (unpaired) electrons. The largest absolute Gasteiger partial charge is 0.255 e. The number of aryl methyl sites for hydroxylation is 1. The fourth-order valence-corrected chi connectivity index (χ4v) is 2.41. The second-order valence-electron chi connectivity index (χ2n) is 4.79. The molecule has 0 N–H and O–H groups in total. The van der Waals surface area contributed by atoms with Gasteiger partial charge in [-0.05, 0) is 64.8 Å². The third kappa shape index (κ3) is 3.12. The molecule has 2 aromatic carbocycles. The third-order valence-corrected chi connectivity index (χ3v) is 3.54. The maximum Gasteiger partial charge on any atom is 0.138 e. The molecule has 3 heteroatoms. The second-order valence-corrected chi connectivity index (χ2v) is 5.71. The Bertz CT molecular complexity index is 891. The summed E-state index contributed by atoms with van der Waals surface area (Å²) in [5.74, 6) is 5.61. The van der Waals surface area contributed by atoms with E-state index in [1.54, 1.807) is 18.3 Å². The van der Waals surface area contributed by atoms with Gasteiger partial charge in [-0.2, -0.15) is 0 Å². The van der Waals surface area contributed by atoms with Gasteiger partial charge in [0.25, 0.3) is 0 Å². The van der Waals surface area contributed by atoms with Crippen LogP contribution in [0.25, 0.3) is 10.9 Å². The van der Waals surface area contributed by atoms with Gasteiger partial charge in [-0.1, -0.05) is 17.9 Å². The zero-order valence-electron chi connectivity index (χ0n) is 11.3. The zero-order chi connectivity index (χ0) is 14.8. The lowest BCUT2D eigenvalue weighted by molar-refractivity contribution is 0.624. The van der Waals surface area contributed by atoms with Crippen molar-refractivity contribution in [3.05, 3.63) is 75.6 Å². The van der Waals surface area contributed by atoms with Gasteiger partial charge in [0.2, 0.25) is 0 Å². The highest BCUT2D eigenvalue weighted by molar-refractivity contribution is 9.10. The molecule has 0 amide bonds. The first-order valence-corrected chi connectivity index (χ1v) is 7.24. The number of halogens is 2. The number of aromatic nitrogens is 1. The molecule has 1 aromatic heterocycles. The van der Waals surface area contributed by atoms with E-state index in [0.717, 1.165) is 26.5 Å². The summed E-state index contributed by atoms with van der Waals surface area (Å²) in [5, 5.41) is 1.00. The summed E-state index contributed by atoms with van der Waals surface area (Å²) in [6.45, 7) is 1.92. The standard InChI is InChI=1S/C18H11BrFN/c1-12-2-6-17(20)14(8-12)5-3-13-4-7-18-15(9-13)10-16(19)11-21-18/h2,4,6-11H,1H3. The molecule has 21 heavy (non-hydrogen) atoms. The van der Waals surface area contributed by atoms with Gasteiger partial charge in [0, 0.05) is 21.6 Å². The zero-order valence-corrected chi connectivity index (χ0v) is 12.9. The highest BCUT2D eigenvalue weighted by atomic mass is 79.9. The van der Waals surface area contributed by atoms with E-state index in [4.69, 9.17) is 0 Å². The summed E-state index contributed by atoms with van der Waals surface area (Å²) in [5.41, 5.74) is 3.16. The van der Waals surface area contributed by atoms with Gasteiger partial charge >= 0.3 is 0 Å². The van der Waals surface area contributed by atoms with Crippen molar-refractivity contribution in [3.63, 3.8) is 0 Å². The van der Waals surface area contributed by atoms with Gasteiger partial charge in [-0.15, -0.1) is 0 Å². The molecule has 0 saturated carbocycles. The van der Waals surface area contributed by atoms with Crippen molar-refractivity contribution in [1.29, 1.82) is 0 Å². The first-order chi connectivity index (χ1) is 10.1. The summed E-state index contributed by atoms with van der Waals surface area (Å²) >= 11 is 3.40. The van der Waals surface area contributed by atoms with E-state index in [2.05, 4.69) is 32.8 Å². The lowest BCUT2D eigenvalue weighted by Crippen LogP contribution is -1.85. The van der Waals surface area contributed by atoms with Crippen molar-refractivity contribution in [2.75, 3.05) is 0 Å². The number of hydrogen-bond donors (Lipinski definition) is 0. The number of pyridine rings is 1. The van der Waals surface area contributed by atoms with Crippen LogP contribution in [0.3, 0.4) is 0 Å². The molecule has 0 atom stereocenters. The average molecular weight is 340 g/mol. The first kappa shape index (κ1) is 13.8. The van der Waals surface area contributed by atoms with Gasteiger partial charge in [-0.3, -0.25) is 4.98 Å². The number of rotatable bonds is 0. The topological polar surface area (TPSA) is 12.9 Å². The van der Waals surface area contributed by atoms with Crippen molar-refractivity contribution in [3.8, 4) is 11.8 Å². The monoisotopic (exact) mass is 339 g/mol. The van der Waals surface area contributed by atoms with E-state index in [9.17, 15) is 4.39 Å². The Labute approximate surface area is 131 Å². The van der Waals surface area contributed by atoms with E-state index in [1.807, 2.05) is 31.2 Å². The minimum absolute atomic E-state index is 0.293. The molecule has 3 aromatic rings. The smallest absolute Gasteiger partial charge is 0.138 e. The summed E-state index contributed by atoms with van der Waals surface area (Å²) in [4.78, 5) is 4.31. The van der Waals surface area contributed by atoms with Crippen LogP contribution in [0.15, 0.2) is 53.1 Å². The highest BCUT2D eigenvalue weighted by Gasteiger charge is 1.99. The van der Waals surface area contributed by atoms with Gasteiger partial charge in [0.05, 0.1) is 11.1 Å². The van der Waals surface area contributed by atoms with E-state index >= 15 is 0 Å². The van der Waals surface area contributed by atoms with Crippen molar-refractivity contribution in [2.24, 2.45) is 0 Å². The molecule has 102 valence electrons. The SMILES string of the molecule is Cc1ccc(F)c(C#Cc2ccc3ncc(Br)cc3c2)c1. The minimum atomic E-state index is -0.293. The molecule has 0 spiro atoms. The normalized spacial score (nSPS) is 10.2. The number of benzene rings is 2. The van der Waals surface area contributed by atoms with Crippen LogP contribution in [-0.4, -0.2) is 4.98 Å². The van der Waals surface area contributed by atoms with Crippen LogP contribution in [0, 0.1) is 24.6 Å². The molecule has 0 aliphatic carbocycles. The molecule has 1 heterocycles. The molecule has 3 rings (SSSR count). The maximum atomic E-state index is 13.7. The molecule has 0 fully saturated rings. The van der Waals surface area contributed by atoms with Crippen LogP contribution in [-0.2, 0) is 0 Å². The third-order valence-electron chi connectivity index (χ3n) is 3.11. The lowest BCUT2D eigenvalue weighted by Gasteiger charge is -1.99. The van der Waals surface area contributed by atoms with Crippen molar-refractivity contribution in [2.45, 2.75) is 6.92 Å². The summed E-state index contributed by atoms with van der Waals surface area (Å²) < 4.78 is 14.6. The fourth-order valence-electron chi connectivity index (χ4n) is 2.06. The Kier molecular flexibility index (Phi) is 3.72. The quantitative estimate of drug-likeness (QED) is 0.534. The Balaban J connectivity index is 2.02. The van der Waals surface area contributed by atoms with Gasteiger partial charge in [-0.25, -0.2) is 4.39 Å². The molecular weight excluding hydrogens is 329 g/mol. The van der Waals surface area contributed by atoms with E-state index in [1.165, 1.54) is 6.07 Å². The van der Waals surface area contributed by atoms with Crippen molar-refractivity contribution < 1.29 is 4.39 Å². The maximum absolute atomic E-state index is 13.7. The number of hydrogen-bond acceptors (Lipinski definition) is 1. The minimum Gasteiger partial charge on any atom is -0.255 e. The molecule has 0 bridgehead atoms. The van der Waals surface area contributed by atoms with Crippen LogP contribution < -0.4 is 0 Å². The van der Waals surface area contributed by atoms with Crippen LogP contribution >= 0.6 is 15.9 Å². The molecule has 0 unspecified atom stereocenters. The van der Waals surface area contributed by atoms with Gasteiger partial charge in [0.1, 0.15) is 5.82 Å². The Morgan fingerprint density at radius 2 is 1.90 bits per heavy atom. The first-order valence-electron chi connectivity index (χ1n) is 6.45. The summed E-state index contributed by atoms with van der Waals surface area (Å²) in [6, 6.07) is 12.7. The van der Waals surface area contributed by atoms with E-state index in [0.29, 0.717) is 5.56 Å². The summed E-state index contributed by atoms with van der Waals surface area (Å²) in [6.07, 6.45) is 1.76. The number of fused-ring (bicyclic) bond motifs is 1. The lowest BCUT2D eigenvalue weighted by atomic mass is 10.1. The van der Waals surface area contributed by atoms with E-state index < -0.39 is 0 Å². The van der Waals surface area contributed by atoms with Crippen LogP contribution in [0.1, 0.15) is 16.7 Å². The molecule has 0 aliphatic rings. The Morgan fingerprint density at radius 1 is 1.05 bits per heavy atom. The second kappa shape index (κ2) is 5.67. The predicted octanol–water partition coefficient (Wildman–Crippen LogP) is 4.84. The summed E-state index contributed by atoms with van der Waals surface area (Å²) in [7, 11) is 0. The molecule has 0 saturated heterocycles. The van der Waals surface area contributed by atoms with Crippen molar-refractivity contribution in [1.82, 2.24) is 4.98 Å². The highest BCUT2D eigenvalue weighted by Crippen LogP contribution is 2.18. The van der Waals surface area contributed by atoms with Crippen LogP contribution in [0.4, 0.5) is 4.39 Å². The Hall–Kier alpha value is -2.18. The molecule has 1 nitrogen and oxygen atoms in total. The van der Waals surface area contributed by atoms with Crippen LogP contribution in [0.5, 0.6) is 0 Å². The molecule has 0 aliphatic heterocycles. The average Bonchev–Trinajstić information content (AvgIpc) is 2.47. The predicted molar refractivity (Wildman–Crippen MR) is 86.6 cm³/mol.